The average Bonchev–Trinajstić information content (AvgIpc) is 3.37. The number of amides is 1. The molecule has 2 aromatic carbocycles. The zero-order valence-electron chi connectivity index (χ0n) is 12.8. The van der Waals surface area contributed by atoms with E-state index in [2.05, 4.69) is 5.32 Å². The van der Waals surface area contributed by atoms with Crippen molar-refractivity contribution in [3.8, 4) is 5.75 Å². The molecule has 126 valence electrons. The summed E-state index contributed by atoms with van der Waals surface area (Å²) in [5, 5.41) is 3.79. The van der Waals surface area contributed by atoms with Crippen LogP contribution in [-0.4, -0.2) is 12.5 Å². The number of carbonyl (C=O) groups is 1. The van der Waals surface area contributed by atoms with Gasteiger partial charge in [0.2, 0.25) is 0 Å². The third-order valence-corrected chi connectivity index (χ3v) is 4.44. The minimum absolute atomic E-state index is 0.0537. The highest BCUT2D eigenvalue weighted by Crippen LogP contribution is 2.41. The van der Waals surface area contributed by atoms with Gasteiger partial charge in [0.25, 0.3) is 5.91 Å². The minimum atomic E-state index is -0.451. The number of ether oxygens (including phenoxy) is 1. The molecule has 6 heteroatoms. The lowest BCUT2D eigenvalue weighted by molar-refractivity contribution is -0.124. The van der Waals surface area contributed by atoms with Crippen molar-refractivity contribution < 1.29 is 13.9 Å². The Balaban J connectivity index is 1.61. The van der Waals surface area contributed by atoms with E-state index in [1.165, 1.54) is 12.1 Å². The Morgan fingerprint density at radius 1 is 1.21 bits per heavy atom. The van der Waals surface area contributed by atoms with Gasteiger partial charge in [-0.3, -0.25) is 4.79 Å². The molecule has 1 unspecified atom stereocenters. The van der Waals surface area contributed by atoms with Crippen LogP contribution < -0.4 is 10.1 Å². The first-order valence-corrected chi connectivity index (χ1v) is 8.41. The van der Waals surface area contributed by atoms with Gasteiger partial charge in [-0.2, -0.15) is 0 Å². The van der Waals surface area contributed by atoms with Gasteiger partial charge < -0.3 is 10.1 Å². The monoisotopic (exact) mass is 367 g/mol. The fraction of sp³-hybridized carbons (Fsp3) is 0.278. The number of halogens is 3. The molecule has 0 saturated heterocycles. The van der Waals surface area contributed by atoms with Crippen LogP contribution in [0.4, 0.5) is 4.39 Å². The predicted octanol–water partition coefficient (Wildman–Crippen LogP) is 4.78. The summed E-state index contributed by atoms with van der Waals surface area (Å²) in [6, 6.07) is 11.2. The van der Waals surface area contributed by atoms with Crippen molar-refractivity contribution in [3.63, 3.8) is 0 Å². The molecule has 1 saturated carbocycles. The highest BCUT2D eigenvalue weighted by atomic mass is 35.5. The standard InChI is InChI=1S/C18H16Cl2FNO2/c19-13-5-3-12(4-6-13)18(11-1-2-11)22-17(23)10-24-16-8-7-14(21)9-15(16)20/h3-9,11,18H,1-2,10H2,(H,22,23). The molecule has 1 N–H and O–H groups in total. The van der Waals surface area contributed by atoms with E-state index in [-0.39, 0.29) is 29.3 Å². The van der Waals surface area contributed by atoms with Crippen molar-refractivity contribution in [1.82, 2.24) is 5.32 Å². The Kier molecular flexibility index (Phi) is 5.27. The van der Waals surface area contributed by atoms with Gasteiger partial charge >= 0.3 is 0 Å². The van der Waals surface area contributed by atoms with E-state index in [1.54, 1.807) is 0 Å². The van der Waals surface area contributed by atoms with Gasteiger partial charge in [-0.25, -0.2) is 4.39 Å². The molecular formula is C18H16Cl2FNO2. The van der Waals surface area contributed by atoms with E-state index in [1.807, 2.05) is 24.3 Å². The summed E-state index contributed by atoms with van der Waals surface area (Å²) in [4.78, 5) is 12.2. The summed E-state index contributed by atoms with van der Waals surface area (Å²) in [6.07, 6.45) is 2.16. The van der Waals surface area contributed by atoms with E-state index >= 15 is 0 Å². The van der Waals surface area contributed by atoms with Crippen LogP contribution in [0.5, 0.6) is 5.75 Å². The van der Waals surface area contributed by atoms with Crippen LogP contribution in [0.15, 0.2) is 42.5 Å². The van der Waals surface area contributed by atoms with Crippen LogP contribution in [0.25, 0.3) is 0 Å². The van der Waals surface area contributed by atoms with E-state index in [9.17, 15) is 9.18 Å². The van der Waals surface area contributed by atoms with Gasteiger partial charge in [-0.05, 0) is 54.7 Å². The molecule has 24 heavy (non-hydrogen) atoms. The van der Waals surface area contributed by atoms with Gasteiger partial charge in [0.1, 0.15) is 11.6 Å². The molecule has 1 atom stereocenters. The normalized spacial score (nSPS) is 15.0. The first kappa shape index (κ1) is 17.1. The maximum absolute atomic E-state index is 13.0. The van der Waals surface area contributed by atoms with Crippen molar-refractivity contribution in [2.75, 3.05) is 6.61 Å². The molecule has 0 aromatic heterocycles. The molecule has 1 aliphatic rings. The lowest BCUT2D eigenvalue weighted by atomic mass is 10.0. The second-order valence-corrected chi connectivity index (χ2v) is 6.64. The number of rotatable bonds is 6. The summed E-state index contributed by atoms with van der Waals surface area (Å²) < 4.78 is 18.4. The first-order chi connectivity index (χ1) is 11.5. The smallest absolute Gasteiger partial charge is 0.258 e. The third kappa shape index (κ3) is 4.40. The van der Waals surface area contributed by atoms with Crippen LogP contribution in [0, 0.1) is 11.7 Å². The largest absolute Gasteiger partial charge is 0.482 e. The van der Waals surface area contributed by atoms with Crippen LogP contribution in [0.3, 0.4) is 0 Å². The fourth-order valence-corrected chi connectivity index (χ4v) is 2.87. The third-order valence-electron chi connectivity index (χ3n) is 3.89. The van der Waals surface area contributed by atoms with Gasteiger partial charge in [-0.1, -0.05) is 35.3 Å². The second kappa shape index (κ2) is 7.41. The molecular weight excluding hydrogens is 352 g/mol. The summed E-state index contributed by atoms with van der Waals surface area (Å²) in [7, 11) is 0. The first-order valence-electron chi connectivity index (χ1n) is 7.65. The Morgan fingerprint density at radius 3 is 2.54 bits per heavy atom. The van der Waals surface area contributed by atoms with Crippen molar-refractivity contribution in [2.24, 2.45) is 5.92 Å². The highest BCUT2D eigenvalue weighted by molar-refractivity contribution is 6.32. The minimum Gasteiger partial charge on any atom is -0.482 e. The van der Waals surface area contributed by atoms with E-state index in [0.717, 1.165) is 24.5 Å². The van der Waals surface area contributed by atoms with Gasteiger partial charge in [-0.15, -0.1) is 0 Å². The summed E-state index contributed by atoms with van der Waals surface area (Å²) in [5.41, 5.74) is 1.02. The molecule has 0 spiro atoms. The number of carbonyl (C=O) groups excluding carboxylic acids is 1. The second-order valence-electron chi connectivity index (χ2n) is 5.80. The lowest BCUT2D eigenvalue weighted by Gasteiger charge is -2.19. The Hall–Kier alpha value is -1.78. The topological polar surface area (TPSA) is 38.3 Å². The van der Waals surface area contributed by atoms with E-state index in [4.69, 9.17) is 27.9 Å². The Bertz CT molecular complexity index is 732. The number of hydrogen-bond acceptors (Lipinski definition) is 2. The molecule has 3 nitrogen and oxygen atoms in total. The molecule has 0 heterocycles. The molecule has 0 radical (unpaired) electrons. The average molecular weight is 368 g/mol. The zero-order chi connectivity index (χ0) is 17.1. The number of nitrogens with one attached hydrogen (secondary N) is 1. The van der Waals surface area contributed by atoms with Crippen LogP contribution >= 0.6 is 23.2 Å². The van der Waals surface area contributed by atoms with Crippen molar-refractivity contribution in [1.29, 1.82) is 0 Å². The van der Waals surface area contributed by atoms with Crippen LogP contribution in [-0.2, 0) is 4.79 Å². The summed E-state index contributed by atoms with van der Waals surface area (Å²) in [6.45, 7) is -0.178. The molecule has 1 amide bonds. The number of hydrogen-bond donors (Lipinski definition) is 1. The van der Waals surface area contributed by atoms with Crippen LogP contribution in [0.1, 0.15) is 24.4 Å². The highest BCUT2D eigenvalue weighted by Gasteiger charge is 2.33. The molecule has 0 aliphatic heterocycles. The molecule has 2 aromatic rings. The van der Waals surface area contributed by atoms with Gasteiger partial charge in [0.15, 0.2) is 6.61 Å². The summed E-state index contributed by atoms with van der Waals surface area (Å²) in [5.74, 6) is 0.0165. The van der Waals surface area contributed by atoms with Gasteiger partial charge in [0, 0.05) is 5.02 Å². The molecule has 0 bridgehead atoms. The maximum atomic E-state index is 13.0. The fourth-order valence-electron chi connectivity index (χ4n) is 2.52. The van der Waals surface area contributed by atoms with Crippen molar-refractivity contribution in [3.05, 3.63) is 63.9 Å². The lowest BCUT2D eigenvalue weighted by Crippen LogP contribution is -2.33. The quantitative estimate of drug-likeness (QED) is 0.797. The Morgan fingerprint density at radius 2 is 1.92 bits per heavy atom. The maximum Gasteiger partial charge on any atom is 0.258 e. The van der Waals surface area contributed by atoms with Crippen LogP contribution in [0.2, 0.25) is 10.0 Å². The predicted molar refractivity (Wildman–Crippen MR) is 92.0 cm³/mol. The number of benzene rings is 2. The summed E-state index contributed by atoms with van der Waals surface area (Å²) >= 11 is 11.8. The molecule has 1 aliphatic carbocycles. The van der Waals surface area contributed by atoms with Crippen molar-refractivity contribution in [2.45, 2.75) is 18.9 Å². The van der Waals surface area contributed by atoms with Crippen molar-refractivity contribution >= 4 is 29.1 Å². The Labute approximate surface area is 149 Å². The van der Waals surface area contributed by atoms with E-state index in [0.29, 0.717) is 10.9 Å². The zero-order valence-corrected chi connectivity index (χ0v) is 14.3. The molecule has 3 rings (SSSR count). The molecule has 1 fully saturated rings. The van der Waals surface area contributed by atoms with E-state index < -0.39 is 5.82 Å². The SMILES string of the molecule is O=C(COc1ccc(F)cc1Cl)NC(c1ccc(Cl)cc1)C1CC1. The van der Waals surface area contributed by atoms with Gasteiger partial charge in [0.05, 0.1) is 11.1 Å².